The summed E-state index contributed by atoms with van der Waals surface area (Å²) in [4.78, 5) is 8.41. The second-order valence-corrected chi connectivity index (χ2v) is 7.46. The van der Waals surface area contributed by atoms with Crippen LogP contribution in [0.15, 0.2) is 102 Å². The van der Waals surface area contributed by atoms with Crippen molar-refractivity contribution in [2.45, 2.75) is 20.1 Å². The van der Waals surface area contributed by atoms with Crippen LogP contribution in [0, 0.1) is 19.0 Å². The second-order valence-electron chi connectivity index (χ2n) is 7.46. The van der Waals surface area contributed by atoms with Gasteiger partial charge < -0.3 is 14.4 Å². The molecule has 175 valence electrons. The predicted octanol–water partition coefficient (Wildman–Crippen LogP) is 7.87. The molecule has 3 heterocycles. The van der Waals surface area contributed by atoms with Crippen LogP contribution in [-0.4, -0.2) is 9.97 Å². The third-order valence-electron chi connectivity index (χ3n) is 5.25. The van der Waals surface area contributed by atoms with Gasteiger partial charge in [-0.05, 0) is 42.3 Å². The van der Waals surface area contributed by atoms with Crippen molar-refractivity contribution in [3.05, 3.63) is 121 Å². The Morgan fingerprint density at radius 3 is 2.60 bits per heavy atom. The molecule has 3 nitrogen and oxygen atoms in total. The fourth-order valence-electron chi connectivity index (χ4n) is 3.63. The van der Waals surface area contributed by atoms with Crippen molar-refractivity contribution in [2.24, 2.45) is 0 Å². The number of hydrogen-bond acceptors (Lipinski definition) is 3. The summed E-state index contributed by atoms with van der Waals surface area (Å²) in [5.41, 5.74) is 4.21. The summed E-state index contributed by atoms with van der Waals surface area (Å²) in [6, 6.07) is 31.0. The van der Waals surface area contributed by atoms with Crippen LogP contribution in [0.3, 0.4) is 0 Å². The number of rotatable bonds is 3. The average Bonchev–Trinajstić information content (AvgIpc) is 3.36. The van der Waals surface area contributed by atoms with Gasteiger partial charge in [-0.3, -0.25) is 0 Å². The van der Waals surface area contributed by atoms with Crippen LogP contribution in [-0.2, 0) is 26.5 Å². The van der Waals surface area contributed by atoms with Crippen molar-refractivity contribution in [2.75, 3.05) is 0 Å². The quantitative estimate of drug-likeness (QED) is 0.185. The van der Waals surface area contributed by atoms with E-state index in [1.54, 1.807) is 24.3 Å². The minimum absolute atomic E-state index is 0. The molecule has 35 heavy (non-hydrogen) atoms. The first-order chi connectivity index (χ1) is 19.9. The molecule has 0 N–H and O–H groups in total. The van der Waals surface area contributed by atoms with Crippen molar-refractivity contribution >= 4 is 21.9 Å². The minimum Gasteiger partial charge on any atom is -0.501 e. The Morgan fingerprint density at radius 2 is 1.80 bits per heavy atom. The van der Waals surface area contributed by atoms with Gasteiger partial charge in [-0.15, -0.1) is 54.1 Å². The Hall–Kier alpha value is -3.59. The molecule has 0 saturated heterocycles. The topological polar surface area (TPSA) is 38.9 Å². The van der Waals surface area contributed by atoms with Gasteiger partial charge in [-0.25, -0.2) is 0 Å². The summed E-state index contributed by atoms with van der Waals surface area (Å²) in [7, 11) is 0. The SMILES string of the molecule is [2H]C([2H])([2H])C([2H])([2H])c1ccnc(-c2[c-]ccc3c2oc2ccccc23)c1.[2H]C([2H])([2H])c1ccc(-c2[c-]cccc2)nc1.[Ir]. The molecule has 0 aliphatic heterocycles. The monoisotopic (exact) mass is 641 g/mol. The molecule has 3 aromatic carbocycles. The summed E-state index contributed by atoms with van der Waals surface area (Å²) in [5.74, 6) is 0. The van der Waals surface area contributed by atoms with Crippen LogP contribution in [0.1, 0.15) is 28.9 Å². The number of hydrogen-bond donors (Lipinski definition) is 0. The number of nitrogens with zero attached hydrogens (tertiary/aromatic N) is 2. The van der Waals surface area contributed by atoms with Gasteiger partial charge in [0.05, 0.1) is 5.58 Å². The Balaban J connectivity index is 0.000000215. The Kier molecular flexibility index (Phi) is 5.18. The summed E-state index contributed by atoms with van der Waals surface area (Å²) in [6.07, 6.45) is 0.319. The largest absolute Gasteiger partial charge is 0.501 e. The summed E-state index contributed by atoms with van der Waals surface area (Å²) in [6.45, 7) is -4.87. The molecule has 0 aliphatic rings. The molecule has 0 atom stereocenters. The van der Waals surface area contributed by atoms with Crippen molar-refractivity contribution in [1.29, 1.82) is 0 Å². The predicted molar refractivity (Wildman–Crippen MR) is 138 cm³/mol. The van der Waals surface area contributed by atoms with E-state index >= 15 is 0 Å². The van der Waals surface area contributed by atoms with E-state index in [1.807, 2.05) is 48.5 Å². The van der Waals surface area contributed by atoms with E-state index in [1.165, 1.54) is 24.5 Å². The zero-order valence-electron chi connectivity index (χ0n) is 26.4. The Labute approximate surface area is 230 Å². The van der Waals surface area contributed by atoms with Crippen molar-refractivity contribution in [1.82, 2.24) is 9.97 Å². The molecule has 4 heteroatoms. The summed E-state index contributed by atoms with van der Waals surface area (Å²) in [5, 5.41) is 1.87. The fraction of sp³-hybridized carbons (Fsp3) is 0.0968. The fourth-order valence-corrected chi connectivity index (χ4v) is 3.63. The van der Waals surface area contributed by atoms with Gasteiger partial charge >= 0.3 is 0 Å². The van der Waals surface area contributed by atoms with Gasteiger partial charge in [0.15, 0.2) is 0 Å². The van der Waals surface area contributed by atoms with E-state index in [2.05, 4.69) is 22.1 Å². The van der Waals surface area contributed by atoms with Gasteiger partial charge in [0.2, 0.25) is 0 Å². The van der Waals surface area contributed by atoms with Crippen LogP contribution in [0.2, 0.25) is 0 Å². The minimum atomic E-state index is -2.78. The maximum Gasteiger partial charge on any atom is 0.120 e. The van der Waals surface area contributed by atoms with Crippen LogP contribution in [0.5, 0.6) is 0 Å². The van der Waals surface area contributed by atoms with Gasteiger partial charge in [0.1, 0.15) is 5.58 Å². The summed E-state index contributed by atoms with van der Waals surface area (Å²) >= 11 is 0. The second kappa shape index (κ2) is 11.2. The van der Waals surface area contributed by atoms with Crippen molar-refractivity contribution < 1.29 is 35.5 Å². The van der Waals surface area contributed by atoms with E-state index in [0.717, 1.165) is 27.6 Å². The molecule has 0 fully saturated rings. The van der Waals surface area contributed by atoms with Crippen LogP contribution < -0.4 is 0 Å². The molecule has 3 aromatic heterocycles. The van der Waals surface area contributed by atoms with Crippen LogP contribution in [0.25, 0.3) is 44.5 Å². The van der Waals surface area contributed by atoms with Gasteiger partial charge in [-0.2, -0.15) is 0 Å². The van der Waals surface area contributed by atoms with Crippen molar-refractivity contribution in [3.8, 4) is 22.5 Å². The van der Waals surface area contributed by atoms with Gasteiger partial charge in [0, 0.05) is 48.9 Å². The van der Waals surface area contributed by atoms with E-state index in [9.17, 15) is 0 Å². The normalized spacial score (nSPS) is 15.0. The number of pyridine rings is 2. The van der Waals surface area contributed by atoms with E-state index in [4.69, 9.17) is 15.4 Å². The molecule has 0 aliphatic carbocycles. The zero-order valence-corrected chi connectivity index (χ0v) is 20.8. The smallest absolute Gasteiger partial charge is 0.120 e. The zero-order chi connectivity index (χ0) is 30.1. The first-order valence-electron chi connectivity index (χ1n) is 14.6. The van der Waals surface area contributed by atoms with E-state index in [0.29, 0.717) is 16.8 Å². The number of fused-ring (bicyclic) bond motifs is 3. The molecule has 1 radical (unpaired) electrons. The maximum atomic E-state index is 7.97. The molecule has 0 spiro atoms. The molecule has 0 amide bonds. The van der Waals surface area contributed by atoms with Crippen LogP contribution in [0.4, 0.5) is 0 Å². The number of aromatic nitrogens is 2. The number of aryl methyl sites for hydroxylation is 2. The molecule has 0 unspecified atom stereocenters. The first kappa shape index (κ1) is 16.1. The third-order valence-corrected chi connectivity index (χ3v) is 5.25. The molecular weight excluding hydrogens is 609 g/mol. The van der Waals surface area contributed by atoms with Crippen molar-refractivity contribution in [3.63, 3.8) is 0 Å². The van der Waals surface area contributed by atoms with E-state index in [-0.39, 0.29) is 31.2 Å². The maximum absolute atomic E-state index is 7.97. The Bertz CT molecular complexity index is 1830. The van der Waals surface area contributed by atoms with Gasteiger partial charge in [-0.1, -0.05) is 59.8 Å². The van der Waals surface area contributed by atoms with E-state index < -0.39 is 20.1 Å². The third kappa shape index (κ3) is 5.40. The average molecular weight is 641 g/mol. The first-order valence-corrected chi connectivity index (χ1v) is 10.6. The molecule has 0 bridgehead atoms. The molecule has 6 aromatic rings. The van der Waals surface area contributed by atoms with Crippen LogP contribution >= 0.6 is 0 Å². The standard InChI is InChI=1S/C19H14NO.C12H10N.Ir/c1-2-13-10-11-20-17(12-13)16-8-5-7-15-14-6-3-4-9-18(14)21-19(15)16;1-10-7-8-12(13-9-10)11-5-3-2-4-6-11;/h3-7,9-12H,2H2,1H3;2-5,7-9H,1H3;/q2*-1;/i1D3,2D2;1D3;. The molecular formula is C31H24IrN2O-2. The molecule has 6 rings (SSSR count). The number of benzene rings is 3. The van der Waals surface area contributed by atoms with Gasteiger partial charge in [0.25, 0.3) is 0 Å². The molecule has 0 saturated carbocycles. The number of para-hydroxylation sites is 1. The summed E-state index contributed by atoms with van der Waals surface area (Å²) < 4.78 is 66.0. The number of furan rings is 1. The Morgan fingerprint density at radius 1 is 0.886 bits per heavy atom.